The van der Waals surface area contributed by atoms with Crippen LogP contribution in [0.25, 0.3) is 11.0 Å². The molecule has 8 nitrogen and oxygen atoms in total. The van der Waals surface area contributed by atoms with E-state index in [9.17, 15) is 32.3 Å². The summed E-state index contributed by atoms with van der Waals surface area (Å²) in [6.45, 7) is 9.05. The van der Waals surface area contributed by atoms with Gasteiger partial charge in [0, 0.05) is 31.3 Å². The van der Waals surface area contributed by atoms with Crippen molar-refractivity contribution in [2.75, 3.05) is 17.3 Å². The number of amides is 3. The van der Waals surface area contributed by atoms with Crippen LogP contribution in [0.3, 0.4) is 0 Å². The number of aromatic nitrogens is 2. The third-order valence-corrected chi connectivity index (χ3v) is 5.72. The number of hydrogen-bond donors (Lipinski definition) is 3. The quantitative estimate of drug-likeness (QED) is 0.426. The molecule has 0 spiro atoms. The molecule has 2 aromatic rings. The van der Waals surface area contributed by atoms with Crippen LogP contribution in [-0.4, -0.2) is 51.6 Å². The summed E-state index contributed by atoms with van der Waals surface area (Å²) in [7, 11) is 1.65. The topological polar surface area (TPSA) is 99.5 Å². The number of hydrogen-bond acceptors (Lipinski definition) is 4. The summed E-state index contributed by atoms with van der Waals surface area (Å²) >= 11 is 0. The number of halogens is 4. The average molecular weight is 540 g/mol. The van der Waals surface area contributed by atoms with Gasteiger partial charge in [-0.2, -0.15) is 13.2 Å². The zero-order valence-electron chi connectivity index (χ0n) is 22.2. The second-order valence-corrected chi connectivity index (χ2v) is 11.2. The zero-order valence-corrected chi connectivity index (χ0v) is 22.2. The predicted molar refractivity (Wildman–Crippen MR) is 137 cm³/mol. The minimum atomic E-state index is -4.86. The van der Waals surface area contributed by atoms with Crippen LogP contribution in [-0.2, 0) is 11.3 Å². The standard InChI is InChI=1S/C26H33F4N5O3/c1-24(2,3)13-21(36)34(6)16-8-10-20-19(12-16)32-22(35(20)14-25(4,5)38)33-23(37)31-15-7-9-18(27)17(11-15)26(28,29)30/h7-8,10-12,18,38H,9,13-14H2,1-6H3,(H2,31,32,33,37). The van der Waals surface area contributed by atoms with Gasteiger partial charge in [-0.05, 0) is 43.5 Å². The second kappa shape index (κ2) is 10.4. The fourth-order valence-electron chi connectivity index (χ4n) is 3.97. The van der Waals surface area contributed by atoms with Gasteiger partial charge in [-0.3, -0.25) is 10.1 Å². The fraction of sp³-hybridized carbons (Fsp3) is 0.500. The molecular weight excluding hydrogens is 506 g/mol. The van der Waals surface area contributed by atoms with Crippen molar-refractivity contribution in [3.63, 3.8) is 0 Å². The van der Waals surface area contributed by atoms with Crippen LogP contribution in [0.5, 0.6) is 0 Å². The van der Waals surface area contributed by atoms with Crippen molar-refractivity contribution in [2.45, 2.75) is 72.0 Å². The van der Waals surface area contributed by atoms with E-state index in [1.54, 1.807) is 43.7 Å². The summed E-state index contributed by atoms with van der Waals surface area (Å²) < 4.78 is 54.5. The van der Waals surface area contributed by atoms with E-state index in [1.807, 2.05) is 20.8 Å². The number of allylic oxidation sites excluding steroid dienone is 3. The van der Waals surface area contributed by atoms with Crippen LogP contribution in [0.15, 0.2) is 41.6 Å². The van der Waals surface area contributed by atoms with Crippen LogP contribution in [0, 0.1) is 5.41 Å². The molecule has 1 aromatic carbocycles. The zero-order chi connectivity index (χ0) is 28.6. The fourth-order valence-corrected chi connectivity index (χ4v) is 3.97. The van der Waals surface area contributed by atoms with Gasteiger partial charge in [-0.25, -0.2) is 14.2 Å². The summed E-state index contributed by atoms with van der Waals surface area (Å²) in [6, 6.07) is 4.20. The maximum absolute atomic E-state index is 13.7. The lowest BCUT2D eigenvalue weighted by atomic mass is 9.91. The van der Waals surface area contributed by atoms with E-state index in [1.165, 1.54) is 4.90 Å². The van der Waals surface area contributed by atoms with Crippen LogP contribution in [0.2, 0.25) is 0 Å². The van der Waals surface area contributed by atoms with Gasteiger partial charge in [0.15, 0.2) is 0 Å². The number of benzene rings is 1. The second-order valence-electron chi connectivity index (χ2n) is 11.2. The Hall–Kier alpha value is -3.41. The molecular formula is C26H33F4N5O3. The number of carbonyl (C=O) groups excluding carboxylic acids is 2. The highest BCUT2D eigenvalue weighted by Gasteiger charge is 2.40. The maximum atomic E-state index is 13.7. The minimum absolute atomic E-state index is 0.0280. The maximum Gasteiger partial charge on any atom is 0.415 e. The monoisotopic (exact) mass is 539 g/mol. The van der Waals surface area contributed by atoms with E-state index in [-0.39, 0.29) is 29.5 Å². The first-order valence-corrected chi connectivity index (χ1v) is 12.0. The highest BCUT2D eigenvalue weighted by atomic mass is 19.4. The largest absolute Gasteiger partial charge is 0.415 e. The molecule has 0 saturated heterocycles. The van der Waals surface area contributed by atoms with Gasteiger partial charge < -0.3 is 19.9 Å². The SMILES string of the molecule is CN(C(=O)CC(C)(C)C)c1ccc2c(c1)nc(NC(=O)NC1=CCC(F)C(C(F)(F)F)=C1)n2CC(C)(C)O. The van der Waals surface area contributed by atoms with Gasteiger partial charge in [-0.1, -0.05) is 26.8 Å². The number of nitrogens with zero attached hydrogens (tertiary/aromatic N) is 3. The summed E-state index contributed by atoms with van der Waals surface area (Å²) in [5, 5.41) is 15.2. The Labute approximate surface area is 218 Å². The molecule has 38 heavy (non-hydrogen) atoms. The van der Waals surface area contributed by atoms with Gasteiger partial charge in [0.2, 0.25) is 11.9 Å². The van der Waals surface area contributed by atoms with E-state index in [0.717, 1.165) is 6.08 Å². The highest BCUT2D eigenvalue weighted by Crippen LogP contribution is 2.34. The third-order valence-electron chi connectivity index (χ3n) is 5.72. The molecule has 0 saturated carbocycles. The molecule has 3 N–H and O–H groups in total. The van der Waals surface area contributed by atoms with Crippen molar-refractivity contribution in [1.29, 1.82) is 0 Å². The lowest BCUT2D eigenvalue weighted by molar-refractivity contribution is -0.120. The number of aliphatic hydroxyl groups is 1. The first-order valence-electron chi connectivity index (χ1n) is 12.0. The molecule has 1 atom stereocenters. The summed E-state index contributed by atoms with van der Waals surface area (Å²) in [5.74, 6) is -0.0618. The van der Waals surface area contributed by atoms with Crippen molar-refractivity contribution in [3.05, 3.63) is 41.6 Å². The molecule has 0 bridgehead atoms. The highest BCUT2D eigenvalue weighted by molar-refractivity contribution is 5.96. The van der Waals surface area contributed by atoms with Crippen molar-refractivity contribution >= 4 is 34.6 Å². The Morgan fingerprint density at radius 2 is 1.82 bits per heavy atom. The normalized spacial score (nSPS) is 16.7. The Morgan fingerprint density at radius 1 is 1.16 bits per heavy atom. The number of alkyl halides is 4. The first kappa shape index (κ1) is 29.2. The summed E-state index contributed by atoms with van der Waals surface area (Å²) in [6.07, 6.45) is -5.55. The van der Waals surface area contributed by atoms with E-state index in [0.29, 0.717) is 29.2 Å². The molecule has 0 aliphatic heterocycles. The molecule has 3 rings (SSSR count). The molecule has 0 fully saturated rings. The van der Waals surface area contributed by atoms with Crippen LogP contribution in [0.1, 0.15) is 47.5 Å². The Bertz CT molecular complexity index is 1280. The van der Waals surface area contributed by atoms with Gasteiger partial charge in [0.1, 0.15) is 6.17 Å². The molecule has 1 unspecified atom stereocenters. The molecule has 1 aliphatic rings. The van der Waals surface area contributed by atoms with Crippen LogP contribution < -0.4 is 15.5 Å². The van der Waals surface area contributed by atoms with E-state index < -0.39 is 36.0 Å². The predicted octanol–water partition coefficient (Wildman–Crippen LogP) is 5.44. The number of imidazole rings is 1. The minimum Gasteiger partial charge on any atom is -0.389 e. The van der Waals surface area contributed by atoms with Crippen molar-refractivity contribution in [1.82, 2.24) is 14.9 Å². The molecule has 1 heterocycles. The number of urea groups is 1. The lowest BCUT2D eigenvalue weighted by Crippen LogP contribution is -2.33. The number of anilines is 2. The van der Waals surface area contributed by atoms with Crippen LogP contribution >= 0.6 is 0 Å². The van der Waals surface area contributed by atoms with Gasteiger partial charge in [-0.15, -0.1) is 0 Å². The number of fused-ring (bicyclic) bond motifs is 1. The van der Waals surface area contributed by atoms with E-state index in [2.05, 4.69) is 15.6 Å². The van der Waals surface area contributed by atoms with E-state index >= 15 is 0 Å². The Kier molecular flexibility index (Phi) is 7.97. The number of rotatable bonds is 6. The number of carbonyl (C=O) groups is 2. The average Bonchev–Trinajstić information content (AvgIpc) is 3.07. The van der Waals surface area contributed by atoms with Gasteiger partial charge in [0.25, 0.3) is 0 Å². The summed E-state index contributed by atoms with van der Waals surface area (Å²) in [4.78, 5) is 31.3. The van der Waals surface area contributed by atoms with E-state index in [4.69, 9.17) is 0 Å². The first-order chi connectivity index (χ1) is 17.3. The molecule has 1 aromatic heterocycles. The smallest absolute Gasteiger partial charge is 0.389 e. The van der Waals surface area contributed by atoms with Crippen molar-refractivity contribution in [2.24, 2.45) is 5.41 Å². The molecule has 3 amide bonds. The Balaban J connectivity index is 1.89. The van der Waals surface area contributed by atoms with Crippen LogP contribution in [0.4, 0.5) is 34.0 Å². The summed E-state index contributed by atoms with van der Waals surface area (Å²) in [5.41, 5.74) is -1.42. The molecule has 208 valence electrons. The third kappa shape index (κ3) is 7.33. The molecule has 12 heteroatoms. The van der Waals surface area contributed by atoms with Gasteiger partial charge in [0.05, 0.1) is 28.8 Å². The Morgan fingerprint density at radius 3 is 2.39 bits per heavy atom. The van der Waals surface area contributed by atoms with Gasteiger partial charge >= 0.3 is 12.2 Å². The van der Waals surface area contributed by atoms with Crippen molar-refractivity contribution in [3.8, 4) is 0 Å². The number of nitrogens with one attached hydrogen (secondary N) is 2. The molecule has 1 aliphatic carbocycles. The van der Waals surface area contributed by atoms with Crippen molar-refractivity contribution < 1.29 is 32.3 Å². The molecule has 0 radical (unpaired) electrons. The lowest BCUT2D eigenvalue weighted by Gasteiger charge is -2.23.